The molecule has 1 N–H and O–H groups in total. The van der Waals surface area contributed by atoms with E-state index in [9.17, 15) is 4.79 Å². The maximum Gasteiger partial charge on any atom is 0.303 e. The molecule has 0 amide bonds. The number of carboxylic acid groups (broad SMARTS) is 1. The van der Waals surface area contributed by atoms with Gasteiger partial charge in [-0.25, -0.2) is 0 Å². The second kappa shape index (κ2) is 4.91. The third-order valence-corrected chi connectivity index (χ3v) is 4.34. The number of thioether (sulfide) groups is 1. The lowest BCUT2D eigenvalue weighted by Gasteiger charge is -2.07. The molecule has 2 aliphatic carbocycles. The van der Waals surface area contributed by atoms with Gasteiger partial charge in [0.1, 0.15) is 5.82 Å². The van der Waals surface area contributed by atoms with Gasteiger partial charge in [0.05, 0.1) is 0 Å². The van der Waals surface area contributed by atoms with Crippen LogP contribution >= 0.6 is 11.8 Å². The lowest BCUT2D eigenvalue weighted by Crippen LogP contribution is -2.02. The number of nitrogens with zero attached hydrogens (tertiary/aromatic N) is 3. The molecule has 1 aromatic rings. The van der Waals surface area contributed by atoms with Crippen LogP contribution < -0.4 is 0 Å². The van der Waals surface area contributed by atoms with E-state index in [1.54, 1.807) is 11.8 Å². The lowest BCUT2D eigenvalue weighted by molar-refractivity contribution is -0.137. The minimum atomic E-state index is -0.724. The van der Waals surface area contributed by atoms with Gasteiger partial charge in [-0.3, -0.25) is 4.79 Å². The van der Waals surface area contributed by atoms with Gasteiger partial charge in [-0.15, -0.1) is 10.2 Å². The van der Waals surface area contributed by atoms with Crippen LogP contribution in [0.2, 0.25) is 0 Å². The van der Waals surface area contributed by atoms with Crippen LogP contribution in [0.1, 0.15) is 56.3 Å². The lowest BCUT2D eigenvalue weighted by atomic mass is 10.3. The number of aliphatic carboxylic acids is 1. The summed E-state index contributed by atoms with van der Waals surface area (Å²) < 4.78 is 2.31. The summed E-state index contributed by atoms with van der Waals surface area (Å²) in [6.07, 6.45) is 5.89. The quantitative estimate of drug-likeness (QED) is 0.607. The number of carboxylic acids is 1. The molecule has 98 valence electrons. The molecule has 0 bridgehead atoms. The Morgan fingerprint density at radius 2 is 2.11 bits per heavy atom. The Labute approximate surface area is 110 Å². The van der Waals surface area contributed by atoms with Gasteiger partial charge in [0, 0.05) is 24.1 Å². The van der Waals surface area contributed by atoms with Crippen LogP contribution in [0.3, 0.4) is 0 Å². The second-order valence-electron chi connectivity index (χ2n) is 5.06. The van der Waals surface area contributed by atoms with Crippen molar-refractivity contribution in [1.82, 2.24) is 14.8 Å². The van der Waals surface area contributed by atoms with Crippen LogP contribution in [0, 0.1) is 0 Å². The molecular formula is C12H17N3O2S. The van der Waals surface area contributed by atoms with Gasteiger partial charge in [0.2, 0.25) is 0 Å². The van der Waals surface area contributed by atoms with Gasteiger partial charge >= 0.3 is 5.97 Å². The molecule has 0 unspecified atom stereocenters. The van der Waals surface area contributed by atoms with Crippen molar-refractivity contribution in [1.29, 1.82) is 0 Å². The van der Waals surface area contributed by atoms with Crippen molar-refractivity contribution in [2.24, 2.45) is 0 Å². The first-order chi connectivity index (χ1) is 8.75. The van der Waals surface area contributed by atoms with E-state index in [0.29, 0.717) is 18.4 Å². The average Bonchev–Trinajstić information content (AvgIpc) is 3.23. The van der Waals surface area contributed by atoms with Crippen molar-refractivity contribution in [3.63, 3.8) is 0 Å². The molecule has 2 saturated carbocycles. The normalized spacial score (nSPS) is 19.1. The molecule has 0 saturated heterocycles. The van der Waals surface area contributed by atoms with E-state index in [-0.39, 0.29) is 6.42 Å². The number of rotatable bonds is 7. The predicted molar refractivity (Wildman–Crippen MR) is 67.9 cm³/mol. The van der Waals surface area contributed by atoms with Gasteiger partial charge in [-0.05, 0) is 32.1 Å². The maximum atomic E-state index is 10.5. The summed E-state index contributed by atoms with van der Waals surface area (Å²) in [6, 6.07) is 0.609. The zero-order valence-electron chi connectivity index (χ0n) is 10.2. The van der Waals surface area contributed by atoms with Crippen molar-refractivity contribution in [3.05, 3.63) is 5.82 Å². The number of hydrogen-bond donors (Lipinski definition) is 1. The molecule has 0 atom stereocenters. The summed E-state index contributed by atoms with van der Waals surface area (Å²) in [5.74, 6) is 1.88. The Kier molecular flexibility index (Phi) is 3.28. The highest BCUT2D eigenvalue weighted by Crippen LogP contribution is 2.45. The fourth-order valence-corrected chi connectivity index (χ4v) is 3.02. The highest BCUT2D eigenvalue weighted by Gasteiger charge is 2.36. The van der Waals surface area contributed by atoms with Crippen LogP contribution in [0.25, 0.3) is 0 Å². The van der Waals surface area contributed by atoms with E-state index >= 15 is 0 Å². The predicted octanol–water partition coefficient (Wildman–Crippen LogP) is 2.45. The molecule has 0 radical (unpaired) electrons. The summed E-state index contributed by atoms with van der Waals surface area (Å²) in [5, 5.41) is 18.2. The summed E-state index contributed by atoms with van der Waals surface area (Å²) in [5.41, 5.74) is 0. The van der Waals surface area contributed by atoms with Crippen LogP contribution in [0.4, 0.5) is 0 Å². The Balaban J connectivity index is 1.62. The highest BCUT2D eigenvalue weighted by molar-refractivity contribution is 7.99. The molecule has 6 heteroatoms. The van der Waals surface area contributed by atoms with E-state index < -0.39 is 5.97 Å². The van der Waals surface area contributed by atoms with E-state index in [0.717, 1.165) is 10.9 Å². The number of hydrogen-bond acceptors (Lipinski definition) is 4. The molecule has 0 aromatic carbocycles. The molecular weight excluding hydrogens is 250 g/mol. The van der Waals surface area contributed by atoms with Crippen molar-refractivity contribution in [2.45, 2.75) is 55.6 Å². The Morgan fingerprint density at radius 1 is 1.33 bits per heavy atom. The zero-order valence-corrected chi connectivity index (χ0v) is 11.0. The SMILES string of the molecule is O=C(O)CCCSc1nnc(C2CC2)n1C1CC1. The molecule has 2 aliphatic rings. The van der Waals surface area contributed by atoms with Gasteiger partial charge in [-0.2, -0.15) is 0 Å². The van der Waals surface area contributed by atoms with E-state index in [1.165, 1.54) is 31.5 Å². The molecule has 0 aliphatic heterocycles. The van der Waals surface area contributed by atoms with Gasteiger partial charge < -0.3 is 9.67 Å². The smallest absolute Gasteiger partial charge is 0.303 e. The Morgan fingerprint density at radius 3 is 2.72 bits per heavy atom. The summed E-state index contributed by atoms with van der Waals surface area (Å²) in [7, 11) is 0. The van der Waals surface area contributed by atoms with Gasteiger partial charge in [0.25, 0.3) is 0 Å². The Hall–Kier alpha value is -1.04. The Bertz CT molecular complexity index is 452. The summed E-state index contributed by atoms with van der Waals surface area (Å²) in [4.78, 5) is 10.5. The first-order valence-corrected chi connectivity index (χ1v) is 7.53. The number of aromatic nitrogens is 3. The molecule has 2 fully saturated rings. The van der Waals surface area contributed by atoms with E-state index in [1.807, 2.05) is 0 Å². The van der Waals surface area contributed by atoms with Crippen LogP contribution in [0.5, 0.6) is 0 Å². The summed E-state index contributed by atoms with van der Waals surface area (Å²) in [6.45, 7) is 0. The van der Waals surface area contributed by atoms with Gasteiger partial charge in [-0.1, -0.05) is 11.8 Å². The van der Waals surface area contributed by atoms with Crippen molar-refractivity contribution in [3.8, 4) is 0 Å². The molecule has 0 spiro atoms. The van der Waals surface area contributed by atoms with E-state index in [4.69, 9.17) is 5.11 Å². The molecule has 1 heterocycles. The largest absolute Gasteiger partial charge is 0.481 e. The average molecular weight is 267 g/mol. The first-order valence-electron chi connectivity index (χ1n) is 6.55. The fourth-order valence-electron chi connectivity index (χ4n) is 2.07. The van der Waals surface area contributed by atoms with Crippen molar-refractivity contribution < 1.29 is 9.90 Å². The molecule has 5 nitrogen and oxygen atoms in total. The maximum absolute atomic E-state index is 10.5. The number of carbonyl (C=O) groups is 1. The zero-order chi connectivity index (χ0) is 12.5. The third-order valence-electron chi connectivity index (χ3n) is 3.31. The topological polar surface area (TPSA) is 68.0 Å². The van der Waals surface area contributed by atoms with Gasteiger partial charge in [0.15, 0.2) is 5.16 Å². The van der Waals surface area contributed by atoms with Crippen LogP contribution in [-0.2, 0) is 4.79 Å². The monoisotopic (exact) mass is 267 g/mol. The van der Waals surface area contributed by atoms with Crippen molar-refractivity contribution in [2.75, 3.05) is 5.75 Å². The minimum absolute atomic E-state index is 0.236. The van der Waals surface area contributed by atoms with Crippen LogP contribution in [0.15, 0.2) is 5.16 Å². The fraction of sp³-hybridized carbons (Fsp3) is 0.750. The van der Waals surface area contributed by atoms with Crippen molar-refractivity contribution >= 4 is 17.7 Å². The molecule has 3 rings (SSSR count). The highest BCUT2D eigenvalue weighted by atomic mass is 32.2. The van der Waals surface area contributed by atoms with Crippen LogP contribution in [-0.4, -0.2) is 31.6 Å². The van der Waals surface area contributed by atoms with E-state index in [2.05, 4.69) is 14.8 Å². The minimum Gasteiger partial charge on any atom is -0.481 e. The second-order valence-corrected chi connectivity index (χ2v) is 6.12. The third kappa shape index (κ3) is 2.68. The molecule has 18 heavy (non-hydrogen) atoms. The summed E-state index contributed by atoms with van der Waals surface area (Å²) >= 11 is 1.65. The molecule has 1 aromatic heterocycles. The first kappa shape index (κ1) is 12.0. The standard InChI is InChI=1S/C12H17N3O2S/c16-10(17)2-1-7-18-12-14-13-11(8-3-4-8)15(12)9-5-6-9/h8-9H,1-7H2,(H,16,17).